The number of hydrogen-bond acceptors (Lipinski definition) is 4. The van der Waals surface area contributed by atoms with Crippen molar-refractivity contribution in [2.75, 3.05) is 6.61 Å². The Balaban J connectivity index is 1.45. The van der Waals surface area contributed by atoms with Crippen LogP contribution in [0.5, 0.6) is 0 Å². The fraction of sp³-hybridized carbons (Fsp3) is 0.526. The summed E-state index contributed by atoms with van der Waals surface area (Å²) in [4.78, 5) is 24.9. The Kier molecular flexibility index (Phi) is 4.07. The van der Waals surface area contributed by atoms with Gasteiger partial charge in [0.1, 0.15) is 6.54 Å². The molecule has 2 aromatic rings. The average Bonchev–Trinajstić information content (AvgIpc) is 2.55. The van der Waals surface area contributed by atoms with Crippen molar-refractivity contribution in [3.05, 3.63) is 40.8 Å². The second-order valence-corrected chi connectivity index (χ2v) is 7.08. The first-order valence-electron chi connectivity index (χ1n) is 9.00. The fourth-order valence-electron chi connectivity index (χ4n) is 4.26. The van der Waals surface area contributed by atoms with Crippen molar-refractivity contribution in [1.82, 2.24) is 15.1 Å². The van der Waals surface area contributed by atoms with Crippen LogP contribution < -0.4 is 10.9 Å². The fourth-order valence-corrected chi connectivity index (χ4v) is 4.26. The number of carbonyl (C=O) groups is 1. The number of nitrogens with zero attached hydrogens (tertiary/aromatic N) is 2. The summed E-state index contributed by atoms with van der Waals surface area (Å²) in [6, 6.07) is 7.44. The standard InChI is InChI=1S/C19H23N3O3/c1-2-25-16-10-15(19(16)8-5-9-19)21-17(23)12-22-18(24)14-7-4-3-6-13(14)11-20-22/h3-4,6-7,11,15-16H,2,5,8-10,12H2,1H3,(H,21,23)/t15-,16-/m1/s1. The monoisotopic (exact) mass is 341 g/mol. The molecule has 1 aromatic heterocycles. The molecule has 25 heavy (non-hydrogen) atoms. The molecule has 4 rings (SSSR count). The minimum absolute atomic E-state index is 0.0461. The van der Waals surface area contributed by atoms with Crippen LogP contribution in [-0.4, -0.2) is 34.4 Å². The van der Waals surface area contributed by atoms with Gasteiger partial charge in [0.05, 0.1) is 17.7 Å². The Morgan fingerprint density at radius 3 is 2.92 bits per heavy atom. The molecule has 1 amide bonds. The maximum absolute atomic E-state index is 12.5. The van der Waals surface area contributed by atoms with E-state index >= 15 is 0 Å². The van der Waals surface area contributed by atoms with Crippen molar-refractivity contribution >= 4 is 16.7 Å². The average molecular weight is 341 g/mol. The van der Waals surface area contributed by atoms with Gasteiger partial charge in [-0.25, -0.2) is 4.68 Å². The van der Waals surface area contributed by atoms with E-state index in [0.717, 1.165) is 24.6 Å². The first-order valence-corrected chi connectivity index (χ1v) is 9.00. The molecular formula is C19H23N3O3. The minimum atomic E-state index is -0.229. The van der Waals surface area contributed by atoms with Crippen LogP contribution in [0.25, 0.3) is 10.8 Å². The second-order valence-electron chi connectivity index (χ2n) is 7.08. The van der Waals surface area contributed by atoms with Gasteiger partial charge in [0.2, 0.25) is 5.91 Å². The molecule has 2 aliphatic carbocycles. The van der Waals surface area contributed by atoms with E-state index < -0.39 is 0 Å². The van der Waals surface area contributed by atoms with E-state index in [1.165, 1.54) is 11.1 Å². The van der Waals surface area contributed by atoms with Crippen LogP contribution in [0, 0.1) is 5.41 Å². The van der Waals surface area contributed by atoms with Crippen LogP contribution >= 0.6 is 0 Å². The second kappa shape index (κ2) is 6.26. The predicted octanol–water partition coefficient (Wildman–Crippen LogP) is 1.86. The molecule has 1 N–H and O–H groups in total. The van der Waals surface area contributed by atoms with Gasteiger partial charge in [-0.2, -0.15) is 5.10 Å². The Morgan fingerprint density at radius 2 is 2.20 bits per heavy atom. The number of benzene rings is 1. The number of fused-ring (bicyclic) bond motifs is 1. The number of nitrogens with one attached hydrogen (secondary N) is 1. The molecule has 0 radical (unpaired) electrons. The summed E-state index contributed by atoms with van der Waals surface area (Å²) in [6.45, 7) is 2.68. The molecule has 0 bridgehead atoms. The zero-order valence-corrected chi connectivity index (χ0v) is 14.4. The summed E-state index contributed by atoms with van der Waals surface area (Å²) in [7, 11) is 0. The lowest BCUT2D eigenvalue weighted by Gasteiger charge is -2.61. The molecule has 1 aromatic carbocycles. The summed E-state index contributed by atoms with van der Waals surface area (Å²) in [5, 5.41) is 8.61. The van der Waals surface area contributed by atoms with Gasteiger partial charge in [0.15, 0.2) is 0 Å². The molecule has 2 aliphatic rings. The summed E-state index contributed by atoms with van der Waals surface area (Å²) in [5.41, 5.74) is -0.111. The van der Waals surface area contributed by atoms with Crippen molar-refractivity contribution in [1.29, 1.82) is 0 Å². The molecular weight excluding hydrogens is 318 g/mol. The van der Waals surface area contributed by atoms with E-state index in [0.29, 0.717) is 12.0 Å². The number of amides is 1. The van der Waals surface area contributed by atoms with Gasteiger partial charge in [0, 0.05) is 23.4 Å². The highest BCUT2D eigenvalue weighted by molar-refractivity contribution is 5.81. The molecule has 0 aliphatic heterocycles. The van der Waals surface area contributed by atoms with Gasteiger partial charge in [-0.1, -0.05) is 24.6 Å². The number of rotatable bonds is 5. The van der Waals surface area contributed by atoms with E-state index in [9.17, 15) is 9.59 Å². The van der Waals surface area contributed by atoms with Gasteiger partial charge in [-0.05, 0) is 32.3 Å². The molecule has 1 spiro atoms. The highest BCUT2D eigenvalue weighted by Gasteiger charge is 2.59. The third-order valence-corrected chi connectivity index (χ3v) is 5.83. The van der Waals surface area contributed by atoms with Gasteiger partial charge in [0.25, 0.3) is 5.56 Å². The maximum Gasteiger partial charge on any atom is 0.275 e. The largest absolute Gasteiger partial charge is 0.378 e. The van der Waals surface area contributed by atoms with Crippen molar-refractivity contribution in [3.63, 3.8) is 0 Å². The third-order valence-electron chi connectivity index (χ3n) is 5.83. The topological polar surface area (TPSA) is 73.2 Å². The number of aromatic nitrogens is 2. The zero-order chi connectivity index (χ0) is 17.4. The van der Waals surface area contributed by atoms with Crippen LogP contribution in [0.2, 0.25) is 0 Å². The number of carbonyl (C=O) groups excluding carboxylic acids is 1. The van der Waals surface area contributed by atoms with Crippen LogP contribution in [0.3, 0.4) is 0 Å². The highest BCUT2D eigenvalue weighted by atomic mass is 16.5. The molecule has 1 heterocycles. The maximum atomic E-state index is 12.5. The molecule has 6 heteroatoms. The minimum Gasteiger partial charge on any atom is -0.378 e. The smallest absolute Gasteiger partial charge is 0.275 e. The Bertz CT molecular complexity index is 856. The van der Waals surface area contributed by atoms with Crippen LogP contribution in [0.4, 0.5) is 0 Å². The molecule has 2 fully saturated rings. The molecule has 132 valence electrons. The molecule has 0 saturated heterocycles. The predicted molar refractivity (Wildman–Crippen MR) is 94.2 cm³/mol. The van der Waals surface area contributed by atoms with E-state index in [1.807, 2.05) is 25.1 Å². The van der Waals surface area contributed by atoms with Gasteiger partial charge < -0.3 is 10.1 Å². The van der Waals surface area contributed by atoms with Gasteiger partial charge >= 0.3 is 0 Å². The van der Waals surface area contributed by atoms with Crippen molar-refractivity contribution in [3.8, 4) is 0 Å². The van der Waals surface area contributed by atoms with E-state index in [4.69, 9.17) is 4.74 Å². The number of hydrogen-bond donors (Lipinski definition) is 1. The highest BCUT2D eigenvalue weighted by Crippen LogP contribution is 2.57. The van der Waals surface area contributed by atoms with Crippen LogP contribution in [-0.2, 0) is 16.1 Å². The lowest BCUT2D eigenvalue weighted by molar-refractivity contribution is -0.176. The zero-order valence-electron chi connectivity index (χ0n) is 14.4. The van der Waals surface area contributed by atoms with Crippen LogP contribution in [0.15, 0.2) is 35.3 Å². The van der Waals surface area contributed by atoms with Crippen molar-refractivity contribution < 1.29 is 9.53 Å². The molecule has 2 atom stereocenters. The van der Waals surface area contributed by atoms with Crippen molar-refractivity contribution in [2.24, 2.45) is 5.41 Å². The van der Waals surface area contributed by atoms with E-state index in [2.05, 4.69) is 10.4 Å². The normalized spacial score (nSPS) is 23.9. The lowest BCUT2D eigenvalue weighted by atomic mass is 9.51. The Labute approximate surface area is 146 Å². The molecule has 2 saturated carbocycles. The van der Waals surface area contributed by atoms with Crippen molar-refractivity contribution in [2.45, 2.75) is 51.3 Å². The first kappa shape index (κ1) is 16.3. The van der Waals surface area contributed by atoms with Crippen LogP contribution in [0.1, 0.15) is 32.6 Å². The summed E-state index contributed by atoms with van der Waals surface area (Å²) >= 11 is 0. The van der Waals surface area contributed by atoms with E-state index in [-0.39, 0.29) is 35.6 Å². The lowest BCUT2D eigenvalue weighted by Crippen LogP contribution is -2.68. The number of ether oxygens (including phenoxy) is 1. The van der Waals surface area contributed by atoms with Gasteiger partial charge in [-0.15, -0.1) is 0 Å². The van der Waals surface area contributed by atoms with E-state index in [1.54, 1.807) is 12.3 Å². The Hall–Kier alpha value is -2.21. The first-order chi connectivity index (χ1) is 12.1. The summed E-state index contributed by atoms with van der Waals surface area (Å²) in [6.07, 6.45) is 6.17. The van der Waals surface area contributed by atoms with Gasteiger partial charge in [-0.3, -0.25) is 9.59 Å². The summed E-state index contributed by atoms with van der Waals surface area (Å²) < 4.78 is 7.05. The SMILES string of the molecule is CCO[C@@H]1C[C@@H](NC(=O)Cn2ncc3ccccc3c2=O)C12CCC2. The molecule has 0 unspecified atom stereocenters. The Morgan fingerprint density at radius 1 is 1.40 bits per heavy atom. The quantitative estimate of drug-likeness (QED) is 0.901. The third kappa shape index (κ3) is 2.65. The summed E-state index contributed by atoms with van der Waals surface area (Å²) in [5.74, 6) is -0.156. The molecule has 6 nitrogen and oxygen atoms in total.